The summed E-state index contributed by atoms with van der Waals surface area (Å²) in [6.07, 6.45) is 5.76. The van der Waals surface area contributed by atoms with Gasteiger partial charge in [0.1, 0.15) is 11.6 Å². The molecule has 3 rings (SSSR count). The van der Waals surface area contributed by atoms with Crippen LogP contribution >= 0.6 is 0 Å². The van der Waals surface area contributed by atoms with E-state index in [-0.39, 0.29) is 18.2 Å². The van der Waals surface area contributed by atoms with Crippen molar-refractivity contribution in [2.24, 2.45) is 11.8 Å². The molecule has 0 heterocycles. The topological polar surface area (TPSA) is 46.5 Å². The Kier molecular flexibility index (Phi) is 4.13. The van der Waals surface area contributed by atoms with Gasteiger partial charge in [-0.25, -0.2) is 4.39 Å². The standard InChI is InChI=1S/C17H21FO3/c18-14-6-13(16(9-17(19)20)12-4-5-12)7-15(8-14)21-10-11-2-1-3-11/h6-8,11-12,16H,1-5,9-10H2,(H,19,20). The molecule has 2 aliphatic rings. The van der Waals surface area contributed by atoms with E-state index >= 15 is 0 Å². The number of carbonyl (C=O) groups is 1. The molecule has 1 aromatic carbocycles. The molecule has 0 amide bonds. The number of ether oxygens (including phenoxy) is 1. The minimum absolute atomic E-state index is 0.0657. The molecule has 1 unspecified atom stereocenters. The van der Waals surface area contributed by atoms with Crippen LogP contribution in [0.3, 0.4) is 0 Å². The molecule has 0 spiro atoms. The average Bonchev–Trinajstić information content (AvgIpc) is 3.17. The molecular weight excluding hydrogens is 271 g/mol. The normalized spacial score (nSPS) is 19.9. The molecule has 4 heteroatoms. The van der Waals surface area contributed by atoms with Crippen LogP contribution in [0, 0.1) is 17.7 Å². The molecule has 3 nitrogen and oxygen atoms in total. The lowest BCUT2D eigenvalue weighted by molar-refractivity contribution is -0.137. The van der Waals surface area contributed by atoms with Gasteiger partial charge < -0.3 is 9.84 Å². The van der Waals surface area contributed by atoms with E-state index in [1.165, 1.54) is 31.4 Å². The van der Waals surface area contributed by atoms with Gasteiger partial charge in [0.05, 0.1) is 13.0 Å². The second-order valence-corrected chi connectivity index (χ2v) is 6.37. The molecule has 21 heavy (non-hydrogen) atoms. The van der Waals surface area contributed by atoms with E-state index in [2.05, 4.69) is 0 Å². The molecule has 2 fully saturated rings. The maximum atomic E-state index is 13.8. The fourth-order valence-corrected chi connectivity index (χ4v) is 3.00. The largest absolute Gasteiger partial charge is 0.493 e. The highest BCUT2D eigenvalue weighted by Crippen LogP contribution is 2.45. The summed E-state index contributed by atoms with van der Waals surface area (Å²) in [6.45, 7) is 0.635. The lowest BCUT2D eigenvalue weighted by atomic mass is 9.86. The van der Waals surface area contributed by atoms with Crippen molar-refractivity contribution in [2.75, 3.05) is 6.61 Å². The number of hydrogen-bond acceptors (Lipinski definition) is 2. The van der Waals surface area contributed by atoms with E-state index in [0.717, 1.165) is 18.4 Å². The zero-order valence-corrected chi connectivity index (χ0v) is 12.1. The first kappa shape index (κ1) is 14.4. The van der Waals surface area contributed by atoms with Gasteiger partial charge in [-0.15, -0.1) is 0 Å². The molecule has 0 radical (unpaired) electrons. The monoisotopic (exact) mass is 292 g/mol. The summed E-state index contributed by atoms with van der Waals surface area (Å²) in [6, 6.07) is 4.68. The Hall–Kier alpha value is -1.58. The number of hydrogen-bond donors (Lipinski definition) is 1. The number of carboxylic acid groups (broad SMARTS) is 1. The summed E-state index contributed by atoms with van der Waals surface area (Å²) >= 11 is 0. The molecule has 1 aromatic rings. The van der Waals surface area contributed by atoms with Gasteiger partial charge in [0.15, 0.2) is 0 Å². The van der Waals surface area contributed by atoms with Crippen molar-refractivity contribution < 1.29 is 19.0 Å². The van der Waals surface area contributed by atoms with Crippen LogP contribution in [0.1, 0.15) is 50.0 Å². The van der Waals surface area contributed by atoms with E-state index in [0.29, 0.717) is 24.2 Å². The molecule has 2 saturated carbocycles. The molecule has 0 bridgehead atoms. The van der Waals surface area contributed by atoms with Gasteiger partial charge in [0.2, 0.25) is 0 Å². The average molecular weight is 292 g/mol. The van der Waals surface area contributed by atoms with Crippen molar-refractivity contribution in [2.45, 2.75) is 44.4 Å². The number of benzene rings is 1. The fraction of sp³-hybridized carbons (Fsp3) is 0.588. The van der Waals surface area contributed by atoms with Crippen molar-refractivity contribution in [1.82, 2.24) is 0 Å². The van der Waals surface area contributed by atoms with Crippen molar-refractivity contribution in [3.05, 3.63) is 29.6 Å². The highest BCUT2D eigenvalue weighted by molar-refractivity contribution is 5.68. The van der Waals surface area contributed by atoms with Crippen molar-refractivity contribution in [3.8, 4) is 5.75 Å². The number of carboxylic acids is 1. The Bertz CT molecular complexity index is 521. The van der Waals surface area contributed by atoms with Gasteiger partial charge in [0, 0.05) is 6.07 Å². The van der Waals surface area contributed by atoms with Crippen LogP contribution in [-0.4, -0.2) is 17.7 Å². The zero-order valence-electron chi connectivity index (χ0n) is 12.1. The van der Waals surface area contributed by atoms with E-state index in [4.69, 9.17) is 9.84 Å². The maximum absolute atomic E-state index is 13.8. The Morgan fingerprint density at radius 2 is 2.05 bits per heavy atom. The van der Waals surface area contributed by atoms with Crippen molar-refractivity contribution in [1.29, 1.82) is 0 Å². The minimum atomic E-state index is -0.826. The molecule has 0 saturated heterocycles. The van der Waals surface area contributed by atoms with Crippen LogP contribution in [0.5, 0.6) is 5.75 Å². The minimum Gasteiger partial charge on any atom is -0.493 e. The molecule has 1 N–H and O–H groups in total. The maximum Gasteiger partial charge on any atom is 0.303 e. The lowest BCUT2D eigenvalue weighted by Gasteiger charge is -2.25. The summed E-state index contributed by atoms with van der Waals surface area (Å²) in [7, 11) is 0. The summed E-state index contributed by atoms with van der Waals surface area (Å²) in [4.78, 5) is 11.0. The quantitative estimate of drug-likeness (QED) is 0.827. The molecule has 0 aliphatic heterocycles. The van der Waals surface area contributed by atoms with Crippen molar-refractivity contribution in [3.63, 3.8) is 0 Å². The van der Waals surface area contributed by atoms with E-state index < -0.39 is 5.97 Å². The lowest BCUT2D eigenvalue weighted by Crippen LogP contribution is -2.19. The predicted octanol–water partition coefficient (Wildman–Crippen LogP) is 3.97. The first-order valence-electron chi connectivity index (χ1n) is 7.77. The van der Waals surface area contributed by atoms with Crippen LogP contribution < -0.4 is 4.74 Å². The van der Waals surface area contributed by atoms with Gasteiger partial charge in [-0.1, -0.05) is 6.42 Å². The second-order valence-electron chi connectivity index (χ2n) is 6.37. The van der Waals surface area contributed by atoms with E-state index in [1.54, 1.807) is 0 Å². The highest BCUT2D eigenvalue weighted by Gasteiger charge is 2.34. The Morgan fingerprint density at radius 3 is 2.62 bits per heavy atom. The summed E-state index contributed by atoms with van der Waals surface area (Å²) in [5, 5.41) is 9.05. The van der Waals surface area contributed by atoms with Crippen LogP contribution in [-0.2, 0) is 4.79 Å². The van der Waals surface area contributed by atoms with Gasteiger partial charge in [0.25, 0.3) is 0 Å². The Labute approximate surface area is 124 Å². The molecular formula is C17H21FO3. The zero-order chi connectivity index (χ0) is 14.8. The first-order chi connectivity index (χ1) is 10.1. The van der Waals surface area contributed by atoms with E-state index in [1.807, 2.05) is 6.07 Å². The van der Waals surface area contributed by atoms with Gasteiger partial charge in [-0.05, 0) is 61.1 Å². The van der Waals surface area contributed by atoms with Crippen molar-refractivity contribution >= 4 is 5.97 Å². The number of aliphatic carboxylic acids is 1. The summed E-state index contributed by atoms with van der Waals surface area (Å²) < 4.78 is 19.5. The molecule has 2 aliphatic carbocycles. The molecule has 114 valence electrons. The summed E-state index contributed by atoms with van der Waals surface area (Å²) in [5.41, 5.74) is 0.767. The SMILES string of the molecule is O=C(O)CC(c1cc(F)cc(OCC2CCC2)c1)C1CC1. The Morgan fingerprint density at radius 1 is 1.29 bits per heavy atom. The van der Waals surface area contributed by atoms with Gasteiger partial charge in [-0.2, -0.15) is 0 Å². The fourth-order valence-electron chi connectivity index (χ4n) is 3.00. The van der Waals surface area contributed by atoms with Crippen LogP contribution in [0.4, 0.5) is 4.39 Å². The number of rotatable bonds is 7. The molecule has 0 aromatic heterocycles. The summed E-state index contributed by atoms with van der Waals surface area (Å²) in [5.74, 6) is 0.245. The second kappa shape index (κ2) is 6.04. The Balaban J connectivity index is 1.73. The van der Waals surface area contributed by atoms with Gasteiger partial charge >= 0.3 is 5.97 Å². The highest BCUT2D eigenvalue weighted by atomic mass is 19.1. The van der Waals surface area contributed by atoms with E-state index in [9.17, 15) is 9.18 Å². The van der Waals surface area contributed by atoms with Crippen LogP contribution in [0.2, 0.25) is 0 Å². The smallest absolute Gasteiger partial charge is 0.303 e. The van der Waals surface area contributed by atoms with Crippen LogP contribution in [0.25, 0.3) is 0 Å². The van der Waals surface area contributed by atoms with Crippen LogP contribution in [0.15, 0.2) is 18.2 Å². The number of halogens is 1. The predicted molar refractivity (Wildman–Crippen MR) is 77.0 cm³/mol. The third kappa shape index (κ3) is 3.74. The third-order valence-corrected chi connectivity index (χ3v) is 4.62. The molecule has 1 atom stereocenters. The first-order valence-corrected chi connectivity index (χ1v) is 7.77. The van der Waals surface area contributed by atoms with Gasteiger partial charge in [-0.3, -0.25) is 4.79 Å². The third-order valence-electron chi connectivity index (χ3n) is 4.62.